The summed E-state index contributed by atoms with van der Waals surface area (Å²) in [5.41, 5.74) is 1.36. The highest BCUT2D eigenvalue weighted by Gasteiger charge is 2.35. The Hall–Kier alpha value is -2.27. The van der Waals surface area contributed by atoms with Crippen LogP contribution in [0.5, 0.6) is 0 Å². The number of hydrogen-bond acceptors (Lipinski definition) is 3. The van der Waals surface area contributed by atoms with Crippen LogP contribution in [0, 0.1) is 5.82 Å². The van der Waals surface area contributed by atoms with Gasteiger partial charge in [-0.1, -0.05) is 12.1 Å². The molecular formula is C16H15FN2O2. The summed E-state index contributed by atoms with van der Waals surface area (Å²) in [7, 11) is 0. The largest absolute Gasteiger partial charge is 0.391 e. The highest BCUT2D eigenvalue weighted by atomic mass is 19.1. The third-order valence-corrected chi connectivity index (χ3v) is 3.72. The molecule has 108 valence electrons. The Morgan fingerprint density at radius 2 is 1.86 bits per heavy atom. The smallest absolute Gasteiger partial charge is 0.254 e. The van der Waals surface area contributed by atoms with Crippen LogP contribution in [0.3, 0.4) is 0 Å². The van der Waals surface area contributed by atoms with Gasteiger partial charge in [-0.25, -0.2) is 4.39 Å². The second-order valence-electron chi connectivity index (χ2n) is 5.15. The predicted octanol–water partition coefficient (Wildman–Crippen LogP) is 2.17. The number of hydrogen-bond donors (Lipinski definition) is 1. The van der Waals surface area contributed by atoms with E-state index in [1.165, 1.54) is 12.1 Å². The first-order valence-electron chi connectivity index (χ1n) is 6.79. The third kappa shape index (κ3) is 2.78. The van der Waals surface area contributed by atoms with Gasteiger partial charge in [-0.2, -0.15) is 0 Å². The number of carbonyl (C=O) groups excluding carboxylic acids is 1. The lowest BCUT2D eigenvalue weighted by molar-refractivity contribution is 0.0715. The molecule has 1 amide bonds. The van der Waals surface area contributed by atoms with E-state index in [0.717, 1.165) is 5.56 Å². The van der Waals surface area contributed by atoms with Crippen molar-refractivity contribution in [2.24, 2.45) is 0 Å². The first-order valence-corrected chi connectivity index (χ1v) is 6.79. The maximum absolute atomic E-state index is 13.0. The molecule has 1 aromatic carbocycles. The monoisotopic (exact) mass is 286 g/mol. The Labute approximate surface area is 121 Å². The lowest BCUT2D eigenvalue weighted by Crippen LogP contribution is -2.31. The molecule has 1 aliphatic heterocycles. The normalized spacial score (nSPS) is 21.5. The van der Waals surface area contributed by atoms with E-state index in [9.17, 15) is 14.3 Å². The van der Waals surface area contributed by atoms with Gasteiger partial charge in [0.15, 0.2) is 0 Å². The molecule has 2 unspecified atom stereocenters. The fourth-order valence-electron chi connectivity index (χ4n) is 2.70. The van der Waals surface area contributed by atoms with Crippen molar-refractivity contribution in [2.45, 2.75) is 18.6 Å². The van der Waals surface area contributed by atoms with Gasteiger partial charge in [0.25, 0.3) is 5.91 Å². The maximum Gasteiger partial charge on any atom is 0.254 e. The van der Waals surface area contributed by atoms with Gasteiger partial charge in [0.2, 0.25) is 0 Å². The Morgan fingerprint density at radius 1 is 1.19 bits per heavy atom. The summed E-state index contributed by atoms with van der Waals surface area (Å²) in [6.07, 6.45) is 3.02. The Bertz CT molecular complexity index is 630. The van der Waals surface area contributed by atoms with E-state index in [-0.39, 0.29) is 24.3 Å². The Morgan fingerprint density at radius 3 is 2.52 bits per heavy atom. The first kappa shape index (κ1) is 13.7. The van der Waals surface area contributed by atoms with Gasteiger partial charge in [-0.3, -0.25) is 9.78 Å². The van der Waals surface area contributed by atoms with E-state index in [2.05, 4.69) is 4.98 Å². The van der Waals surface area contributed by atoms with E-state index >= 15 is 0 Å². The van der Waals surface area contributed by atoms with Gasteiger partial charge in [-0.15, -0.1) is 0 Å². The van der Waals surface area contributed by atoms with Crippen LogP contribution in [0.25, 0.3) is 0 Å². The van der Waals surface area contributed by atoms with Crippen molar-refractivity contribution in [2.75, 3.05) is 6.54 Å². The van der Waals surface area contributed by atoms with Crippen LogP contribution in [0.15, 0.2) is 48.8 Å². The molecule has 0 spiro atoms. The van der Waals surface area contributed by atoms with Gasteiger partial charge >= 0.3 is 0 Å². The summed E-state index contributed by atoms with van der Waals surface area (Å²) in [6.45, 7) is 0.281. The number of halogens is 1. The molecule has 0 bridgehead atoms. The first-order chi connectivity index (χ1) is 10.1. The summed E-state index contributed by atoms with van der Waals surface area (Å²) in [4.78, 5) is 18.1. The summed E-state index contributed by atoms with van der Waals surface area (Å²) in [5.74, 6) is -0.465. The van der Waals surface area contributed by atoms with Crippen LogP contribution in [-0.2, 0) is 0 Å². The number of likely N-dealkylation sites (tertiary alicyclic amines) is 1. The summed E-state index contributed by atoms with van der Waals surface area (Å²) in [6, 6.07) is 9.12. The Kier molecular flexibility index (Phi) is 3.66. The fourth-order valence-corrected chi connectivity index (χ4v) is 2.70. The highest BCUT2D eigenvalue weighted by Crippen LogP contribution is 2.33. The van der Waals surface area contributed by atoms with Crippen molar-refractivity contribution < 1.29 is 14.3 Å². The van der Waals surface area contributed by atoms with Crippen molar-refractivity contribution in [3.63, 3.8) is 0 Å². The predicted molar refractivity (Wildman–Crippen MR) is 75.0 cm³/mol. The molecule has 21 heavy (non-hydrogen) atoms. The van der Waals surface area contributed by atoms with Gasteiger partial charge in [-0.05, 0) is 36.2 Å². The third-order valence-electron chi connectivity index (χ3n) is 3.72. The molecule has 4 nitrogen and oxygen atoms in total. The molecule has 0 radical (unpaired) electrons. The highest BCUT2D eigenvalue weighted by molar-refractivity contribution is 5.94. The molecule has 5 heteroatoms. The number of rotatable bonds is 2. The second-order valence-corrected chi connectivity index (χ2v) is 5.15. The van der Waals surface area contributed by atoms with Gasteiger partial charge < -0.3 is 10.0 Å². The SMILES string of the molecule is O=C(c1ccncc1)N1CC(O)CC1c1ccc(F)cc1. The molecule has 1 aliphatic rings. The summed E-state index contributed by atoms with van der Waals surface area (Å²) in [5, 5.41) is 9.90. The second kappa shape index (κ2) is 5.61. The van der Waals surface area contributed by atoms with Crippen molar-refractivity contribution in [1.82, 2.24) is 9.88 Å². The molecule has 2 aromatic rings. The zero-order chi connectivity index (χ0) is 14.8. The average Bonchev–Trinajstić information content (AvgIpc) is 2.90. The number of amides is 1. The van der Waals surface area contributed by atoms with E-state index in [1.807, 2.05) is 0 Å². The number of aliphatic hydroxyl groups is 1. The average molecular weight is 286 g/mol. The van der Waals surface area contributed by atoms with Crippen LogP contribution in [-0.4, -0.2) is 33.5 Å². The van der Waals surface area contributed by atoms with Crippen LogP contribution >= 0.6 is 0 Å². The topological polar surface area (TPSA) is 53.4 Å². The van der Waals surface area contributed by atoms with E-state index in [0.29, 0.717) is 12.0 Å². The Balaban J connectivity index is 1.89. The van der Waals surface area contributed by atoms with Crippen LogP contribution in [0.1, 0.15) is 28.4 Å². The van der Waals surface area contributed by atoms with E-state index in [1.54, 1.807) is 41.6 Å². The minimum atomic E-state index is -0.564. The number of nitrogens with zero attached hydrogens (tertiary/aromatic N) is 2. The van der Waals surface area contributed by atoms with Crippen molar-refractivity contribution in [3.05, 3.63) is 65.7 Å². The van der Waals surface area contributed by atoms with Crippen LogP contribution < -0.4 is 0 Å². The molecule has 3 rings (SSSR count). The molecule has 1 N–H and O–H groups in total. The molecule has 2 heterocycles. The number of pyridine rings is 1. The summed E-state index contributed by atoms with van der Waals surface area (Å²) >= 11 is 0. The number of aliphatic hydroxyl groups excluding tert-OH is 1. The fraction of sp³-hybridized carbons (Fsp3) is 0.250. The number of aromatic nitrogens is 1. The van der Waals surface area contributed by atoms with Crippen LogP contribution in [0.4, 0.5) is 4.39 Å². The zero-order valence-corrected chi connectivity index (χ0v) is 11.3. The molecular weight excluding hydrogens is 271 g/mol. The van der Waals surface area contributed by atoms with Gasteiger partial charge in [0.1, 0.15) is 5.82 Å². The van der Waals surface area contributed by atoms with Crippen molar-refractivity contribution in [3.8, 4) is 0 Å². The van der Waals surface area contributed by atoms with Crippen LogP contribution in [0.2, 0.25) is 0 Å². The quantitative estimate of drug-likeness (QED) is 0.920. The molecule has 1 saturated heterocycles. The molecule has 0 aliphatic carbocycles. The van der Waals surface area contributed by atoms with Gasteiger partial charge in [0, 0.05) is 24.5 Å². The van der Waals surface area contributed by atoms with Gasteiger partial charge in [0.05, 0.1) is 12.1 Å². The number of benzene rings is 1. The van der Waals surface area contributed by atoms with Crippen molar-refractivity contribution in [1.29, 1.82) is 0 Å². The zero-order valence-electron chi connectivity index (χ0n) is 11.3. The molecule has 1 fully saturated rings. The number of β-amino-alcohol motifs (C(OH)–C–C–N with tert-alkyl or cyclic N) is 1. The molecule has 1 aromatic heterocycles. The molecule has 2 atom stereocenters. The van der Waals surface area contributed by atoms with E-state index < -0.39 is 6.10 Å². The number of carbonyl (C=O) groups is 1. The minimum absolute atomic E-state index is 0.150. The molecule has 0 saturated carbocycles. The maximum atomic E-state index is 13.0. The lowest BCUT2D eigenvalue weighted by Gasteiger charge is -2.24. The van der Waals surface area contributed by atoms with Crippen molar-refractivity contribution >= 4 is 5.91 Å². The standard InChI is InChI=1S/C16H15FN2O2/c17-13-3-1-11(2-4-13)15-9-14(20)10-19(15)16(21)12-5-7-18-8-6-12/h1-8,14-15,20H,9-10H2. The lowest BCUT2D eigenvalue weighted by atomic mass is 10.0. The minimum Gasteiger partial charge on any atom is -0.391 e. The van der Waals surface area contributed by atoms with E-state index in [4.69, 9.17) is 0 Å². The summed E-state index contributed by atoms with van der Waals surface area (Å²) < 4.78 is 13.0.